The molecule has 0 spiro atoms. The number of benzene rings is 1. The number of ketones is 1. The molecular formula is C18H14N4O2S. The molecule has 0 saturated carbocycles. The molecule has 124 valence electrons. The Labute approximate surface area is 146 Å². The van der Waals surface area contributed by atoms with Gasteiger partial charge in [0.15, 0.2) is 11.4 Å². The minimum atomic E-state index is -0.194. The number of pyridine rings is 1. The molecule has 6 nitrogen and oxygen atoms in total. The smallest absolute Gasteiger partial charge is 0.283 e. The summed E-state index contributed by atoms with van der Waals surface area (Å²) in [5.74, 6) is 0.297. The van der Waals surface area contributed by atoms with Crippen molar-refractivity contribution in [3.8, 4) is 5.13 Å². The van der Waals surface area contributed by atoms with Crippen molar-refractivity contribution in [2.45, 2.75) is 19.8 Å². The number of nitrogens with zero attached hydrogens (tertiary/aromatic N) is 3. The summed E-state index contributed by atoms with van der Waals surface area (Å²) in [5, 5.41) is 4.14. The second-order valence-corrected chi connectivity index (χ2v) is 7.54. The first kappa shape index (κ1) is 14.5. The van der Waals surface area contributed by atoms with Crippen molar-refractivity contribution < 1.29 is 4.79 Å². The monoisotopic (exact) mass is 350 g/mol. The summed E-state index contributed by atoms with van der Waals surface area (Å²) in [5.41, 5.74) is 2.56. The molecule has 0 aliphatic heterocycles. The molecule has 25 heavy (non-hydrogen) atoms. The molecule has 1 N–H and O–H groups in total. The number of Topliss-reactive ketones (excluding diaryl/α,β-unsaturated/α-hetero) is 1. The Kier molecular flexibility index (Phi) is 2.96. The van der Waals surface area contributed by atoms with Gasteiger partial charge in [-0.1, -0.05) is 30.4 Å². The minimum absolute atomic E-state index is 0.0651. The Morgan fingerprint density at radius 3 is 2.92 bits per heavy atom. The molecule has 0 unspecified atom stereocenters. The molecule has 5 rings (SSSR count). The van der Waals surface area contributed by atoms with E-state index in [0.29, 0.717) is 34.6 Å². The van der Waals surface area contributed by atoms with Gasteiger partial charge in [-0.25, -0.2) is 9.97 Å². The minimum Gasteiger partial charge on any atom is -0.294 e. The number of aromatic amines is 1. The third-order valence-corrected chi connectivity index (χ3v) is 5.70. The molecule has 4 aromatic rings. The standard InChI is InChI=1S/C18H14N4O2S/c1-9-6-10-11(13(23)7-9)8-19-16-15(10)17(24)22(21-16)18-20-12-4-2-3-5-14(12)25-18/h2-5,8-9H,6-7H2,1H3,(H,19,21)/t9-/m1/s1. The summed E-state index contributed by atoms with van der Waals surface area (Å²) < 4.78 is 2.45. The number of thiazole rings is 1. The fourth-order valence-corrected chi connectivity index (χ4v) is 4.45. The predicted molar refractivity (Wildman–Crippen MR) is 96.7 cm³/mol. The SMILES string of the molecule is C[C@H]1CC(=O)c2cnc3[nH]n(-c4nc5ccccc5s4)c(=O)c3c2C1. The number of carbonyl (C=O) groups excluding carboxylic acids is 1. The second kappa shape index (κ2) is 5.10. The van der Waals surface area contributed by atoms with Crippen LogP contribution in [0.4, 0.5) is 0 Å². The lowest BCUT2D eigenvalue weighted by atomic mass is 9.84. The molecule has 0 radical (unpaired) electrons. The van der Waals surface area contributed by atoms with Crippen molar-refractivity contribution >= 4 is 38.4 Å². The molecule has 1 atom stereocenters. The maximum atomic E-state index is 13.0. The van der Waals surface area contributed by atoms with E-state index in [1.165, 1.54) is 16.0 Å². The number of para-hydroxylation sites is 1. The zero-order valence-corrected chi connectivity index (χ0v) is 14.3. The maximum absolute atomic E-state index is 13.0. The molecule has 1 aromatic carbocycles. The zero-order chi connectivity index (χ0) is 17.1. The highest BCUT2D eigenvalue weighted by Gasteiger charge is 2.27. The molecule has 0 fully saturated rings. The number of aromatic nitrogens is 4. The lowest BCUT2D eigenvalue weighted by molar-refractivity contribution is 0.0953. The van der Waals surface area contributed by atoms with Gasteiger partial charge in [0, 0.05) is 18.2 Å². The second-order valence-electron chi connectivity index (χ2n) is 6.53. The topological polar surface area (TPSA) is 80.6 Å². The highest BCUT2D eigenvalue weighted by atomic mass is 32.1. The van der Waals surface area contributed by atoms with E-state index in [1.54, 1.807) is 6.20 Å². The van der Waals surface area contributed by atoms with E-state index in [0.717, 1.165) is 15.8 Å². The van der Waals surface area contributed by atoms with Gasteiger partial charge in [0.1, 0.15) is 0 Å². The fourth-order valence-electron chi connectivity index (χ4n) is 3.52. The van der Waals surface area contributed by atoms with Gasteiger partial charge in [0.2, 0.25) is 5.13 Å². The van der Waals surface area contributed by atoms with E-state index >= 15 is 0 Å². The quantitative estimate of drug-likeness (QED) is 0.572. The van der Waals surface area contributed by atoms with Crippen LogP contribution in [0.1, 0.15) is 29.3 Å². The number of fused-ring (bicyclic) bond motifs is 4. The third-order valence-electron chi connectivity index (χ3n) is 4.68. The summed E-state index contributed by atoms with van der Waals surface area (Å²) in [7, 11) is 0. The fraction of sp³-hybridized carbons (Fsp3) is 0.222. The van der Waals surface area contributed by atoms with Crippen LogP contribution in [0.15, 0.2) is 35.3 Å². The van der Waals surface area contributed by atoms with E-state index in [1.807, 2.05) is 31.2 Å². The van der Waals surface area contributed by atoms with E-state index in [2.05, 4.69) is 15.1 Å². The van der Waals surface area contributed by atoms with Gasteiger partial charge < -0.3 is 0 Å². The van der Waals surface area contributed by atoms with Gasteiger partial charge in [0.25, 0.3) is 5.56 Å². The Balaban J connectivity index is 1.78. The molecule has 1 aliphatic rings. The Hall–Kier alpha value is -2.80. The lowest BCUT2D eigenvalue weighted by Crippen LogP contribution is -2.21. The largest absolute Gasteiger partial charge is 0.294 e. The molecule has 0 amide bonds. The lowest BCUT2D eigenvalue weighted by Gasteiger charge is -2.19. The Morgan fingerprint density at radius 2 is 2.08 bits per heavy atom. The first-order chi connectivity index (χ1) is 12.1. The molecular weight excluding hydrogens is 336 g/mol. The Morgan fingerprint density at radius 1 is 1.24 bits per heavy atom. The van der Waals surface area contributed by atoms with Crippen LogP contribution in [0.5, 0.6) is 0 Å². The van der Waals surface area contributed by atoms with E-state index in [4.69, 9.17) is 0 Å². The van der Waals surface area contributed by atoms with E-state index < -0.39 is 0 Å². The van der Waals surface area contributed by atoms with Crippen LogP contribution in [0.25, 0.3) is 26.4 Å². The van der Waals surface area contributed by atoms with Gasteiger partial charge in [-0.15, -0.1) is 0 Å². The Bertz CT molecular complexity index is 1180. The van der Waals surface area contributed by atoms with Crippen molar-refractivity contribution in [3.05, 3.63) is 51.9 Å². The number of H-pyrrole nitrogens is 1. The maximum Gasteiger partial charge on any atom is 0.283 e. The van der Waals surface area contributed by atoms with Gasteiger partial charge in [0.05, 0.1) is 15.6 Å². The van der Waals surface area contributed by atoms with Crippen LogP contribution in [0.2, 0.25) is 0 Å². The molecule has 3 aromatic heterocycles. The number of nitrogens with one attached hydrogen (secondary N) is 1. The summed E-state index contributed by atoms with van der Waals surface area (Å²) in [6.07, 6.45) is 2.81. The van der Waals surface area contributed by atoms with Gasteiger partial charge in [-0.05, 0) is 30.0 Å². The molecule has 0 saturated heterocycles. The summed E-state index contributed by atoms with van der Waals surface area (Å²) in [4.78, 5) is 34.2. The third kappa shape index (κ3) is 2.09. The van der Waals surface area contributed by atoms with Crippen molar-refractivity contribution in [3.63, 3.8) is 0 Å². The molecule has 0 bridgehead atoms. The van der Waals surface area contributed by atoms with Gasteiger partial charge in [-0.2, -0.15) is 4.68 Å². The van der Waals surface area contributed by atoms with Crippen LogP contribution >= 0.6 is 11.3 Å². The average molecular weight is 350 g/mol. The molecule has 1 aliphatic carbocycles. The van der Waals surface area contributed by atoms with Crippen molar-refractivity contribution in [2.75, 3.05) is 0 Å². The normalized spacial score (nSPS) is 17.3. The van der Waals surface area contributed by atoms with Crippen LogP contribution in [-0.2, 0) is 6.42 Å². The predicted octanol–water partition coefficient (Wildman–Crippen LogP) is 3.09. The number of carbonyl (C=O) groups is 1. The van der Waals surface area contributed by atoms with Gasteiger partial charge >= 0.3 is 0 Å². The zero-order valence-electron chi connectivity index (χ0n) is 13.4. The van der Waals surface area contributed by atoms with Crippen LogP contribution in [0, 0.1) is 5.92 Å². The van der Waals surface area contributed by atoms with Crippen molar-refractivity contribution in [1.82, 2.24) is 19.7 Å². The van der Waals surface area contributed by atoms with Crippen LogP contribution in [0.3, 0.4) is 0 Å². The van der Waals surface area contributed by atoms with Crippen molar-refractivity contribution in [2.24, 2.45) is 5.92 Å². The summed E-state index contributed by atoms with van der Waals surface area (Å²) >= 11 is 1.44. The van der Waals surface area contributed by atoms with Gasteiger partial charge in [-0.3, -0.25) is 14.7 Å². The van der Waals surface area contributed by atoms with Crippen LogP contribution in [-0.4, -0.2) is 25.5 Å². The number of hydrogen-bond acceptors (Lipinski definition) is 5. The van der Waals surface area contributed by atoms with E-state index in [-0.39, 0.29) is 17.3 Å². The first-order valence-electron chi connectivity index (χ1n) is 8.13. The molecule has 3 heterocycles. The molecule has 7 heteroatoms. The van der Waals surface area contributed by atoms with Crippen LogP contribution < -0.4 is 5.56 Å². The number of rotatable bonds is 1. The highest BCUT2D eigenvalue weighted by molar-refractivity contribution is 7.20. The van der Waals surface area contributed by atoms with Crippen molar-refractivity contribution in [1.29, 1.82) is 0 Å². The number of hydrogen-bond donors (Lipinski definition) is 1. The van der Waals surface area contributed by atoms with E-state index in [9.17, 15) is 9.59 Å². The average Bonchev–Trinajstić information content (AvgIpc) is 3.15. The highest BCUT2D eigenvalue weighted by Crippen LogP contribution is 2.29. The summed E-state index contributed by atoms with van der Waals surface area (Å²) in [6.45, 7) is 2.03. The summed E-state index contributed by atoms with van der Waals surface area (Å²) in [6, 6.07) is 7.77. The first-order valence-corrected chi connectivity index (χ1v) is 8.95.